The molecule has 2 aromatic carbocycles. The summed E-state index contributed by atoms with van der Waals surface area (Å²) in [5, 5.41) is 29.6. The average molecular weight is 326 g/mol. The van der Waals surface area contributed by atoms with Gasteiger partial charge < -0.3 is 15.3 Å². The van der Waals surface area contributed by atoms with Gasteiger partial charge in [0.05, 0.1) is 5.56 Å². The lowest BCUT2D eigenvalue weighted by Crippen LogP contribution is -2.22. The molecule has 5 nitrogen and oxygen atoms in total. The molecule has 0 aliphatic heterocycles. The summed E-state index contributed by atoms with van der Waals surface area (Å²) in [7, 11) is 0. The number of phenolic OH excluding ortho intramolecular Hbond substituents is 3. The predicted molar refractivity (Wildman–Crippen MR) is 88.0 cm³/mol. The first-order valence-corrected chi connectivity index (χ1v) is 7.95. The van der Waals surface area contributed by atoms with Crippen LogP contribution in [-0.2, 0) is 6.42 Å². The van der Waals surface area contributed by atoms with E-state index in [4.69, 9.17) is 0 Å². The van der Waals surface area contributed by atoms with Crippen LogP contribution < -0.4 is 0 Å². The van der Waals surface area contributed by atoms with Crippen LogP contribution in [-0.4, -0.2) is 26.9 Å². The molecule has 124 valence electrons. The summed E-state index contributed by atoms with van der Waals surface area (Å²) in [5.41, 5.74) is 0.823. The summed E-state index contributed by atoms with van der Waals surface area (Å²) in [5.74, 6) is -1.72. The lowest BCUT2D eigenvalue weighted by atomic mass is 9.80. The second kappa shape index (κ2) is 6.00. The highest BCUT2D eigenvalue weighted by atomic mass is 16.3. The highest BCUT2D eigenvalue weighted by molar-refractivity contribution is 6.30. The fourth-order valence-corrected chi connectivity index (χ4v) is 3.19. The smallest absolute Gasteiger partial charge is 0.198 e. The van der Waals surface area contributed by atoms with E-state index >= 15 is 0 Å². The lowest BCUT2D eigenvalue weighted by molar-refractivity contribution is 0.0975. The van der Waals surface area contributed by atoms with Crippen LogP contribution in [0.25, 0.3) is 0 Å². The standard InChI is InChI=1S/C19H18O5/c1-2-3-4-5-10-6-11(20)7-13-16(10)19(24)17-14(18(13)23)8-12(21)9-15(17)22/h6-9,20-22H,2-5H2,1H3. The molecule has 0 heterocycles. The molecule has 0 fully saturated rings. The van der Waals surface area contributed by atoms with Crippen molar-refractivity contribution in [2.45, 2.75) is 32.6 Å². The van der Waals surface area contributed by atoms with Crippen molar-refractivity contribution < 1.29 is 24.9 Å². The van der Waals surface area contributed by atoms with Crippen LogP contribution in [0, 0.1) is 0 Å². The van der Waals surface area contributed by atoms with Gasteiger partial charge in [0.1, 0.15) is 17.2 Å². The van der Waals surface area contributed by atoms with Gasteiger partial charge in [0.15, 0.2) is 11.6 Å². The van der Waals surface area contributed by atoms with Crippen LogP contribution in [0.5, 0.6) is 17.2 Å². The van der Waals surface area contributed by atoms with Crippen LogP contribution in [0.2, 0.25) is 0 Å². The van der Waals surface area contributed by atoms with Crippen LogP contribution in [0.15, 0.2) is 24.3 Å². The van der Waals surface area contributed by atoms with Crippen molar-refractivity contribution in [1.82, 2.24) is 0 Å². The van der Waals surface area contributed by atoms with Crippen LogP contribution in [0.1, 0.15) is 63.6 Å². The summed E-state index contributed by atoms with van der Waals surface area (Å²) in [4.78, 5) is 25.6. The monoisotopic (exact) mass is 326 g/mol. The van der Waals surface area contributed by atoms with E-state index in [2.05, 4.69) is 6.92 Å². The van der Waals surface area contributed by atoms with Crippen molar-refractivity contribution in [2.75, 3.05) is 0 Å². The third kappa shape index (κ3) is 2.52. The number of ketones is 2. The number of rotatable bonds is 4. The molecular weight excluding hydrogens is 308 g/mol. The number of benzene rings is 2. The molecule has 0 aromatic heterocycles. The predicted octanol–water partition coefficient (Wildman–Crippen LogP) is 3.31. The number of phenols is 3. The van der Waals surface area contributed by atoms with Gasteiger partial charge in [0.25, 0.3) is 0 Å². The second-order valence-electron chi connectivity index (χ2n) is 6.03. The molecule has 0 saturated carbocycles. The lowest BCUT2D eigenvalue weighted by Gasteiger charge is -2.21. The Labute approximate surface area is 139 Å². The van der Waals surface area contributed by atoms with Gasteiger partial charge in [0.2, 0.25) is 0 Å². The summed E-state index contributed by atoms with van der Waals surface area (Å²) in [6.07, 6.45) is 3.39. The molecular formula is C19H18O5. The molecule has 1 aliphatic rings. The first kappa shape index (κ1) is 16.1. The van der Waals surface area contributed by atoms with E-state index in [0.717, 1.165) is 25.3 Å². The SMILES string of the molecule is CCCCCc1cc(O)cc2c1C(=O)c1c(O)cc(O)cc1C2=O. The molecule has 0 radical (unpaired) electrons. The van der Waals surface area contributed by atoms with Gasteiger partial charge in [-0.25, -0.2) is 0 Å². The molecule has 24 heavy (non-hydrogen) atoms. The maximum atomic E-state index is 12.9. The Morgan fingerprint density at radius 3 is 2.08 bits per heavy atom. The topological polar surface area (TPSA) is 94.8 Å². The summed E-state index contributed by atoms with van der Waals surface area (Å²) in [6.45, 7) is 2.06. The fraction of sp³-hybridized carbons (Fsp3) is 0.263. The number of hydrogen-bond donors (Lipinski definition) is 3. The molecule has 0 amide bonds. The Hall–Kier alpha value is -2.82. The van der Waals surface area contributed by atoms with Crippen molar-refractivity contribution in [3.05, 3.63) is 52.1 Å². The Morgan fingerprint density at radius 1 is 0.792 bits per heavy atom. The van der Waals surface area contributed by atoms with Crippen molar-refractivity contribution in [2.24, 2.45) is 0 Å². The normalized spacial score (nSPS) is 12.9. The van der Waals surface area contributed by atoms with Crippen LogP contribution in [0.4, 0.5) is 0 Å². The first-order chi connectivity index (χ1) is 11.4. The fourth-order valence-electron chi connectivity index (χ4n) is 3.19. The zero-order chi connectivity index (χ0) is 17.4. The number of aryl methyl sites for hydroxylation is 1. The van der Waals surface area contributed by atoms with Crippen LogP contribution in [0.3, 0.4) is 0 Å². The minimum absolute atomic E-state index is 0.0462. The third-order valence-electron chi connectivity index (χ3n) is 4.30. The van der Waals surface area contributed by atoms with Crippen molar-refractivity contribution in [3.8, 4) is 17.2 Å². The Morgan fingerprint density at radius 2 is 1.42 bits per heavy atom. The zero-order valence-electron chi connectivity index (χ0n) is 13.3. The quantitative estimate of drug-likeness (QED) is 0.639. The number of aromatic hydroxyl groups is 3. The number of fused-ring (bicyclic) bond motifs is 2. The van der Waals surface area contributed by atoms with Crippen molar-refractivity contribution >= 4 is 11.6 Å². The molecule has 0 spiro atoms. The molecule has 2 aromatic rings. The van der Waals surface area contributed by atoms with Gasteiger partial charge in [-0.1, -0.05) is 19.8 Å². The Bertz CT molecular complexity index is 851. The number of carbonyl (C=O) groups is 2. The van der Waals surface area contributed by atoms with E-state index in [1.54, 1.807) is 0 Å². The molecule has 3 N–H and O–H groups in total. The van der Waals surface area contributed by atoms with E-state index in [9.17, 15) is 24.9 Å². The summed E-state index contributed by atoms with van der Waals surface area (Å²) < 4.78 is 0. The number of hydrogen-bond acceptors (Lipinski definition) is 5. The Balaban J connectivity index is 2.19. The van der Waals surface area contributed by atoms with Crippen molar-refractivity contribution in [1.29, 1.82) is 0 Å². The minimum Gasteiger partial charge on any atom is -0.508 e. The van der Waals surface area contributed by atoms with Crippen molar-refractivity contribution in [3.63, 3.8) is 0 Å². The minimum atomic E-state index is -0.488. The van der Waals surface area contributed by atoms with Gasteiger partial charge in [0, 0.05) is 22.8 Å². The molecule has 3 rings (SSSR count). The molecule has 1 aliphatic carbocycles. The third-order valence-corrected chi connectivity index (χ3v) is 4.30. The van der Waals surface area contributed by atoms with E-state index in [0.29, 0.717) is 12.0 Å². The van der Waals surface area contributed by atoms with E-state index < -0.39 is 17.3 Å². The Kier molecular flexibility index (Phi) is 4.01. The maximum Gasteiger partial charge on any atom is 0.198 e. The van der Waals surface area contributed by atoms with Gasteiger partial charge in [-0.3, -0.25) is 9.59 Å². The highest BCUT2D eigenvalue weighted by Gasteiger charge is 2.34. The van der Waals surface area contributed by atoms with E-state index in [1.165, 1.54) is 18.2 Å². The van der Waals surface area contributed by atoms with Gasteiger partial charge in [-0.05, 0) is 36.6 Å². The molecule has 0 unspecified atom stereocenters. The highest BCUT2D eigenvalue weighted by Crippen LogP contribution is 2.38. The number of unbranched alkanes of at least 4 members (excludes halogenated alkanes) is 2. The first-order valence-electron chi connectivity index (χ1n) is 7.95. The van der Waals surface area contributed by atoms with E-state index in [-0.39, 0.29) is 33.8 Å². The van der Waals surface area contributed by atoms with Gasteiger partial charge in [-0.15, -0.1) is 0 Å². The number of carbonyl (C=O) groups excluding carboxylic acids is 2. The molecule has 5 heteroatoms. The van der Waals surface area contributed by atoms with E-state index in [1.807, 2.05) is 0 Å². The maximum absolute atomic E-state index is 12.9. The largest absolute Gasteiger partial charge is 0.508 e. The van der Waals surface area contributed by atoms with Gasteiger partial charge in [-0.2, -0.15) is 0 Å². The second-order valence-corrected chi connectivity index (χ2v) is 6.03. The molecule has 0 saturated heterocycles. The zero-order valence-corrected chi connectivity index (χ0v) is 13.3. The van der Waals surface area contributed by atoms with Gasteiger partial charge >= 0.3 is 0 Å². The molecule has 0 atom stereocenters. The average Bonchev–Trinajstić information content (AvgIpc) is 2.51. The molecule has 0 bridgehead atoms. The summed E-state index contributed by atoms with van der Waals surface area (Å²) >= 11 is 0. The summed E-state index contributed by atoms with van der Waals surface area (Å²) in [6, 6.07) is 4.98. The van der Waals surface area contributed by atoms with Crippen LogP contribution >= 0.6 is 0 Å².